The van der Waals surface area contributed by atoms with E-state index in [1.165, 1.54) is 14.1 Å². The maximum Gasteiger partial charge on any atom is 0.471 e. The van der Waals surface area contributed by atoms with Gasteiger partial charge in [0.25, 0.3) is 0 Å². The highest BCUT2D eigenvalue weighted by atomic mass is 32.2. The minimum atomic E-state index is -8.78. The van der Waals surface area contributed by atoms with Crippen LogP contribution >= 0.6 is 0 Å². The Hall–Kier alpha value is -2.83. The first-order valence-corrected chi connectivity index (χ1v) is 13.1. The van der Waals surface area contributed by atoms with Gasteiger partial charge in [-0.1, -0.05) is 0 Å². The van der Waals surface area contributed by atoms with Gasteiger partial charge in [0.05, 0.1) is 25.5 Å². The molecule has 1 aromatic carbocycles. The van der Waals surface area contributed by atoms with Crippen molar-refractivity contribution in [2.24, 2.45) is 0 Å². The molecule has 0 spiro atoms. The van der Waals surface area contributed by atoms with Crippen LogP contribution in [0.3, 0.4) is 0 Å². The van der Waals surface area contributed by atoms with E-state index in [0.29, 0.717) is 0 Å². The number of halogens is 17. The molecule has 25 heteroatoms. The van der Waals surface area contributed by atoms with Gasteiger partial charge in [-0.05, 0) is 24.3 Å². The maximum atomic E-state index is 14.0. The van der Waals surface area contributed by atoms with Crippen molar-refractivity contribution in [1.29, 1.82) is 0 Å². The summed E-state index contributed by atoms with van der Waals surface area (Å²) >= 11 is 0. The Bertz CT molecular complexity index is 1350. The summed E-state index contributed by atoms with van der Waals surface area (Å²) in [4.78, 5) is 9.90. The Morgan fingerprint density at radius 1 is 0.717 bits per heavy atom. The molecule has 0 aliphatic heterocycles. The average Bonchev–Trinajstić information content (AvgIpc) is 2.84. The molecule has 46 heavy (non-hydrogen) atoms. The van der Waals surface area contributed by atoms with Crippen LogP contribution in [-0.2, 0) is 14.8 Å². The molecule has 0 bridgehead atoms. The van der Waals surface area contributed by atoms with Gasteiger partial charge in [0.1, 0.15) is 5.75 Å². The number of aliphatic carboxylic acids is 1. The van der Waals surface area contributed by atoms with Gasteiger partial charge in [-0.25, -0.2) is 17.9 Å². The zero-order chi connectivity index (χ0) is 36.8. The van der Waals surface area contributed by atoms with Crippen molar-refractivity contribution >= 4 is 16.0 Å². The van der Waals surface area contributed by atoms with E-state index in [2.05, 4.69) is 4.74 Å². The van der Waals surface area contributed by atoms with E-state index in [-0.39, 0.29) is 54.8 Å². The van der Waals surface area contributed by atoms with Gasteiger partial charge in [0.15, 0.2) is 6.54 Å². The van der Waals surface area contributed by atoms with Crippen molar-refractivity contribution in [3.05, 3.63) is 24.3 Å². The van der Waals surface area contributed by atoms with Crippen LogP contribution in [0.15, 0.2) is 29.2 Å². The number of sulfonamides is 1. The molecule has 7 nitrogen and oxygen atoms in total. The first kappa shape index (κ1) is 41.2. The number of carboxylic acid groups (broad SMARTS) is 1. The van der Waals surface area contributed by atoms with Gasteiger partial charge < -0.3 is 14.3 Å². The molecule has 0 heterocycles. The van der Waals surface area contributed by atoms with E-state index in [4.69, 9.17) is 5.11 Å². The first-order valence-electron chi connectivity index (χ1n) is 11.6. The highest BCUT2D eigenvalue weighted by Crippen LogP contribution is 2.64. The summed E-state index contributed by atoms with van der Waals surface area (Å²) in [7, 11) is -1.61. The number of nitrogens with zero attached hydrogens (tertiary/aromatic N) is 1. The summed E-state index contributed by atoms with van der Waals surface area (Å²) in [5.41, 5.74) is 0. The van der Waals surface area contributed by atoms with Crippen LogP contribution in [0.25, 0.3) is 0 Å². The zero-order valence-corrected chi connectivity index (χ0v) is 23.3. The first-order chi connectivity index (χ1) is 20.1. The molecule has 1 aromatic rings. The Labute approximate surface area is 246 Å². The lowest BCUT2D eigenvalue weighted by atomic mass is 9.90. The Balaban J connectivity index is 3.26. The van der Waals surface area contributed by atoms with Crippen LogP contribution in [0.5, 0.6) is 5.75 Å². The van der Waals surface area contributed by atoms with E-state index in [9.17, 15) is 87.8 Å². The lowest BCUT2D eigenvalue weighted by molar-refractivity contribution is -0.883. The number of nitrogens with one attached hydrogen (secondary N) is 1. The van der Waals surface area contributed by atoms with Crippen LogP contribution in [0.4, 0.5) is 74.6 Å². The molecule has 2 N–H and O–H groups in total. The fourth-order valence-corrected chi connectivity index (χ4v) is 4.36. The quantitative estimate of drug-likeness (QED) is 0.126. The van der Waals surface area contributed by atoms with Crippen LogP contribution < -0.4 is 9.46 Å². The highest BCUT2D eigenvalue weighted by Gasteiger charge is 2.95. The number of carboxylic acids is 1. The van der Waals surface area contributed by atoms with Crippen molar-refractivity contribution in [2.75, 3.05) is 33.7 Å². The molecule has 1 rings (SSSR count). The molecule has 0 aliphatic rings. The van der Waals surface area contributed by atoms with Crippen molar-refractivity contribution in [3.8, 4) is 5.75 Å². The van der Waals surface area contributed by atoms with Gasteiger partial charge in [0.2, 0.25) is 10.0 Å². The molecule has 0 fully saturated rings. The molecule has 0 aliphatic carbocycles. The molecular formula is C21H20F17N2O5S+. The SMILES string of the molecule is C[N+](C)(CCCNS(=O)(=O)c1ccc(OC(F)(F)C(F)(F)C(F)(F)C(F)(F)C(F)(F)C(F)(F)C(F)(F)C(F)(F)F)cc1)CC(=O)O. The number of likely N-dealkylation sites (N-methyl/N-ethyl adjacent to an activating group) is 1. The maximum absolute atomic E-state index is 14.0. The fraction of sp³-hybridized carbons (Fsp3) is 0.667. The predicted octanol–water partition coefficient (Wildman–Crippen LogP) is 5.86. The third kappa shape index (κ3) is 7.33. The van der Waals surface area contributed by atoms with Crippen molar-refractivity contribution in [1.82, 2.24) is 4.72 Å². The third-order valence-corrected chi connectivity index (χ3v) is 7.35. The van der Waals surface area contributed by atoms with Gasteiger partial charge in [0, 0.05) is 13.0 Å². The Morgan fingerprint density at radius 3 is 1.50 bits per heavy atom. The predicted molar refractivity (Wildman–Crippen MR) is 117 cm³/mol. The number of hydrogen-bond donors (Lipinski definition) is 2. The lowest BCUT2D eigenvalue weighted by Gasteiger charge is -2.42. The third-order valence-electron chi connectivity index (χ3n) is 5.87. The van der Waals surface area contributed by atoms with Gasteiger partial charge in [-0.15, -0.1) is 0 Å². The molecule has 0 atom stereocenters. The molecule has 0 unspecified atom stereocenters. The number of alkyl halides is 17. The van der Waals surface area contributed by atoms with Crippen LogP contribution in [-0.4, -0.2) is 106 Å². The molecule has 0 saturated carbocycles. The molecule has 0 aromatic heterocycles. The molecule has 0 radical (unpaired) electrons. The number of benzene rings is 1. The van der Waals surface area contributed by atoms with E-state index in [0.717, 1.165) is 0 Å². The molecule has 0 saturated heterocycles. The number of quaternary nitrogens is 1. The van der Waals surface area contributed by atoms with E-state index in [1.807, 2.05) is 4.72 Å². The van der Waals surface area contributed by atoms with Gasteiger partial charge in [-0.2, -0.15) is 74.6 Å². The standard InChI is InChI=1S/C21H19F17N2O5S/c1-40(2,10-13(41)42)9-3-8-39-46(43,44)12-6-4-11(5-7-12)45-21(37,38)19(32,33)17(28,29)15(24,25)14(22,23)16(26,27)18(30,31)20(34,35)36/h4-7,39H,3,8-10H2,1-2H3/p+1. The second kappa shape index (κ2) is 12.3. The fourth-order valence-electron chi connectivity index (χ4n) is 3.29. The van der Waals surface area contributed by atoms with Crippen LogP contribution in [0, 0.1) is 0 Å². The van der Waals surface area contributed by atoms with E-state index >= 15 is 0 Å². The van der Waals surface area contributed by atoms with Crippen molar-refractivity contribution < 1.29 is 102 Å². The second-order valence-electron chi connectivity index (χ2n) is 10.00. The summed E-state index contributed by atoms with van der Waals surface area (Å²) in [6.07, 6.45) is -15.0. The minimum Gasteiger partial charge on any atom is -0.477 e. The van der Waals surface area contributed by atoms with Crippen LogP contribution in [0.1, 0.15) is 6.42 Å². The summed E-state index contributed by atoms with van der Waals surface area (Å²) < 4.78 is 257. The second-order valence-corrected chi connectivity index (χ2v) is 11.8. The normalized spacial score (nSPS) is 15.2. The number of rotatable bonds is 16. The molecule has 0 amide bonds. The van der Waals surface area contributed by atoms with Crippen molar-refractivity contribution in [2.45, 2.75) is 59.1 Å². The summed E-state index contributed by atoms with van der Waals surface area (Å²) in [5, 5.41) is 8.80. The molecule has 268 valence electrons. The Kier molecular flexibility index (Phi) is 11.0. The Morgan fingerprint density at radius 2 is 1.11 bits per heavy atom. The number of carbonyl (C=O) groups is 1. The summed E-state index contributed by atoms with van der Waals surface area (Å²) in [6, 6.07) is 0.511. The topological polar surface area (TPSA) is 92.7 Å². The van der Waals surface area contributed by atoms with Gasteiger partial charge >= 0.3 is 53.8 Å². The van der Waals surface area contributed by atoms with Crippen molar-refractivity contribution in [3.63, 3.8) is 0 Å². The van der Waals surface area contributed by atoms with E-state index < -0.39 is 74.5 Å². The average molecular weight is 735 g/mol. The monoisotopic (exact) mass is 735 g/mol. The highest BCUT2D eigenvalue weighted by molar-refractivity contribution is 7.89. The molecular weight excluding hydrogens is 715 g/mol. The lowest BCUT2D eigenvalue weighted by Crippen LogP contribution is -2.74. The summed E-state index contributed by atoms with van der Waals surface area (Å²) in [5.74, 6) is -54.1. The number of hydrogen-bond acceptors (Lipinski definition) is 4. The zero-order valence-electron chi connectivity index (χ0n) is 22.5. The summed E-state index contributed by atoms with van der Waals surface area (Å²) in [6.45, 7) is -0.624. The minimum absolute atomic E-state index is 0.00562. The largest absolute Gasteiger partial charge is 0.477 e. The van der Waals surface area contributed by atoms with E-state index in [1.54, 1.807) is 0 Å². The number of ether oxygens (including phenoxy) is 1. The van der Waals surface area contributed by atoms with Gasteiger partial charge in [-0.3, -0.25) is 0 Å². The smallest absolute Gasteiger partial charge is 0.471 e. The van der Waals surface area contributed by atoms with Crippen LogP contribution in [0.2, 0.25) is 0 Å².